The van der Waals surface area contributed by atoms with Crippen LogP contribution in [-0.4, -0.2) is 29.3 Å². The van der Waals surface area contributed by atoms with E-state index in [1.807, 2.05) is 18.7 Å². The average Bonchev–Trinajstić information content (AvgIpc) is 2.37. The van der Waals surface area contributed by atoms with Gasteiger partial charge >= 0.3 is 6.18 Å². The summed E-state index contributed by atoms with van der Waals surface area (Å²) in [4.78, 5) is 1.62. The van der Waals surface area contributed by atoms with Crippen molar-refractivity contribution < 1.29 is 18.3 Å². The third-order valence-corrected chi connectivity index (χ3v) is 3.31. The van der Waals surface area contributed by atoms with E-state index < -0.39 is 11.7 Å². The number of halogens is 3. The fourth-order valence-electron chi connectivity index (χ4n) is 2.09. The minimum Gasteiger partial charge on any atom is -0.396 e. The normalized spacial score (nSPS) is 11.8. The van der Waals surface area contributed by atoms with Gasteiger partial charge in [-0.3, -0.25) is 0 Å². The highest BCUT2D eigenvalue weighted by Crippen LogP contribution is 2.34. The smallest absolute Gasteiger partial charge is 0.396 e. The van der Waals surface area contributed by atoms with E-state index >= 15 is 0 Å². The molecule has 1 aromatic rings. The van der Waals surface area contributed by atoms with Gasteiger partial charge in [0.05, 0.1) is 5.56 Å². The maximum Gasteiger partial charge on any atom is 0.417 e. The zero-order valence-corrected chi connectivity index (χ0v) is 12.8. The first-order valence-corrected chi connectivity index (χ1v) is 6.97. The van der Waals surface area contributed by atoms with Crippen LogP contribution in [0.3, 0.4) is 0 Å². The van der Waals surface area contributed by atoms with E-state index in [0.29, 0.717) is 18.7 Å². The second kappa shape index (κ2) is 7.09. The number of nitrogens with zero attached hydrogens (tertiary/aromatic N) is 1. The summed E-state index contributed by atoms with van der Waals surface area (Å²) in [5.41, 5.74) is 5.03. The van der Waals surface area contributed by atoms with Crippen molar-refractivity contribution in [2.75, 3.05) is 18.1 Å². The number of benzene rings is 1. The minimum absolute atomic E-state index is 0.0199. The number of aliphatic hydroxyl groups is 1. The number of nitrogens with two attached hydrogens (primary N) is 1. The van der Waals surface area contributed by atoms with Crippen LogP contribution in [-0.2, 0) is 6.18 Å². The lowest BCUT2D eigenvalue weighted by Crippen LogP contribution is -2.32. The van der Waals surface area contributed by atoms with Crippen molar-refractivity contribution in [3.05, 3.63) is 29.3 Å². The molecular weight excluding hydrogens is 301 g/mol. The first kappa shape index (κ1) is 17.7. The predicted molar refractivity (Wildman–Crippen MR) is 81.5 cm³/mol. The quantitative estimate of drug-likeness (QED) is 0.791. The van der Waals surface area contributed by atoms with E-state index in [-0.39, 0.29) is 23.2 Å². The van der Waals surface area contributed by atoms with E-state index in [4.69, 9.17) is 23.1 Å². The highest BCUT2D eigenvalue weighted by Gasteiger charge is 2.34. The lowest BCUT2D eigenvalue weighted by Gasteiger charge is -2.29. The van der Waals surface area contributed by atoms with Gasteiger partial charge in [0.25, 0.3) is 0 Å². The molecule has 0 radical (unpaired) electrons. The van der Waals surface area contributed by atoms with Crippen molar-refractivity contribution in [1.29, 1.82) is 0 Å². The highest BCUT2D eigenvalue weighted by molar-refractivity contribution is 7.80. The van der Waals surface area contributed by atoms with Crippen molar-refractivity contribution in [2.24, 2.45) is 5.73 Å². The van der Waals surface area contributed by atoms with Gasteiger partial charge in [-0.1, -0.05) is 12.2 Å². The molecule has 7 heteroatoms. The number of alkyl halides is 3. The lowest BCUT2D eigenvalue weighted by atomic mass is 10.0. The predicted octanol–water partition coefficient (Wildman–Crippen LogP) is 2.94. The largest absolute Gasteiger partial charge is 0.417 e. The molecule has 118 valence electrons. The molecule has 3 N–H and O–H groups in total. The Labute approximate surface area is 127 Å². The van der Waals surface area contributed by atoms with E-state index in [9.17, 15) is 13.2 Å². The summed E-state index contributed by atoms with van der Waals surface area (Å²) in [5, 5.41) is 8.92. The summed E-state index contributed by atoms with van der Waals surface area (Å²) < 4.78 is 38.8. The molecule has 0 amide bonds. The maximum absolute atomic E-state index is 12.9. The Morgan fingerprint density at radius 2 is 2.00 bits per heavy atom. The Balaban J connectivity index is 3.26. The second-order valence-corrected chi connectivity index (χ2v) is 5.40. The molecule has 0 aliphatic heterocycles. The molecule has 0 bridgehead atoms. The summed E-state index contributed by atoms with van der Waals surface area (Å²) in [7, 11) is 0. The second-order valence-electron chi connectivity index (χ2n) is 4.96. The van der Waals surface area contributed by atoms with Gasteiger partial charge in [0.1, 0.15) is 4.99 Å². The van der Waals surface area contributed by atoms with Gasteiger partial charge in [-0.2, -0.15) is 13.2 Å². The van der Waals surface area contributed by atoms with Gasteiger partial charge < -0.3 is 15.7 Å². The summed E-state index contributed by atoms with van der Waals surface area (Å²) in [6, 6.07) is 3.84. The van der Waals surface area contributed by atoms with Gasteiger partial charge in [-0.05, 0) is 38.5 Å². The van der Waals surface area contributed by atoms with Gasteiger partial charge in [-0.15, -0.1) is 0 Å². The molecule has 0 aliphatic carbocycles. The fourth-order valence-corrected chi connectivity index (χ4v) is 2.26. The molecule has 0 fully saturated rings. The van der Waals surface area contributed by atoms with Crippen LogP contribution in [0.4, 0.5) is 18.9 Å². The molecule has 0 aliphatic rings. The number of hydrogen-bond acceptors (Lipinski definition) is 3. The highest BCUT2D eigenvalue weighted by atomic mass is 32.1. The first-order valence-electron chi connectivity index (χ1n) is 6.57. The van der Waals surface area contributed by atoms with Crippen LogP contribution >= 0.6 is 12.2 Å². The van der Waals surface area contributed by atoms with Gasteiger partial charge in [0.2, 0.25) is 0 Å². The number of aliphatic hydroxyl groups excluding tert-OH is 1. The third-order valence-electron chi connectivity index (χ3n) is 3.09. The Kier molecular flexibility index (Phi) is 5.98. The van der Waals surface area contributed by atoms with Crippen molar-refractivity contribution in [3.8, 4) is 0 Å². The molecule has 3 nitrogen and oxygen atoms in total. The Bertz CT molecular complexity index is 503. The summed E-state index contributed by atoms with van der Waals surface area (Å²) in [6.45, 7) is 4.41. The topological polar surface area (TPSA) is 49.5 Å². The summed E-state index contributed by atoms with van der Waals surface area (Å²) in [6.07, 6.45) is -3.97. The van der Waals surface area contributed by atoms with Crippen molar-refractivity contribution in [1.82, 2.24) is 0 Å². The minimum atomic E-state index is -4.49. The zero-order chi connectivity index (χ0) is 16.2. The molecule has 0 spiro atoms. The number of rotatable bonds is 6. The van der Waals surface area contributed by atoms with Gasteiger partial charge in [0, 0.05) is 30.4 Å². The third kappa shape index (κ3) is 4.57. The summed E-state index contributed by atoms with van der Waals surface area (Å²) in [5.74, 6) is 0. The molecule has 0 saturated carbocycles. The standard InChI is InChI=1S/C14H19F3N2OS/c1-9(2)19(6-3-7-20)10-4-5-12(14(15,16)17)11(8-10)13(18)21/h4-5,8-9,20H,3,6-7H2,1-2H3,(H2,18,21). The van der Waals surface area contributed by atoms with E-state index in [1.54, 1.807) is 0 Å². The van der Waals surface area contributed by atoms with Crippen molar-refractivity contribution >= 4 is 22.9 Å². The molecule has 0 atom stereocenters. The molecule has 0 saturated heterocycles. The molecular formula is C14H19F3N2OS. The first-order chi connectivity index (χ1) is 9.68. The maximum atomic E-state index is 12.9. The van der Waals surface area contributed by atoms with Crippen molar-refractivity contribution in [2.45, 2.75) is 32.5 Å². The van der Waals surface area contributed by atoms with Gasteiger partial charge in [-0.25, -0.2) is 0 Å². The fraction of sp³-hybridized carbons (Fsp3) is 0.500. The van der Waals surface area contributed by atoms with Crippen LogP contribution in [0.5, 0.6) is 0 Å². The van der Waals surface area contributed by atoms with E-state index in [1.165, 1.54) is 12.1 Å². The monoisotopic (exact) mass is 320 g/mol. The van der Waals surface area contributed by atoms with Gasteiger partial charge in [0.15, 0.2) is 0 Å². The van der Waals surface area contributed by atoms with E-state index in [0.717, 1.165) is 6.07 Å². The van der Waals surface area contributed by atoms with Crippen LogP contribution in [0, 0.1) is 0 Å². The number of hydrogen-bond donors (Lipinski definition) is 2. The molecule has 0 heterocycles. The average molecular weight is 320 g/mol. The molecule has 1 rings (SSSR count). The van der Waals surface area contributed by atoms with Crippen molar-refractivity contribution in [3.63, 3.8) is 0 Å². The number of thiocarbonyl (C=S) groups is 1. The van der Waals surface area contributed by atoms with Crippen LogP contribution < -0.4 is 10.6 Å². The number of anilines is 1. The summed E-state index contributed by atoms with van der Waals surface area (Å²) >= 11 is 4.74. The molecule has 1 aromatic carbocycles. The Morgan fingerprint density at radius 1 is 1.38 bits per heavy atom. The molecule has 21 heavy (non-hydrogen) atoms. The zero-order valence-electron chi connectivity index (χ0n) is 11.9. The molecule has 0 unspecified atom stereocenters. The van der Waals surface area contributed by atoms with Crippen LogP contribution in [0.25, 0.3) is 0 Å². The SMILES string of the molecule is CC(C)N(CCCO)c1ccc(C(F)(F)F)c(C(N)=S)c1. The lowest BCUT2D eigenvalue weighted by molar-refractivity contribution is -0.137. The van der Waals surface area contributed by atoms with Crippen LogP contribution in [0.15, 0.2) is 18.2 Å². The molecule has 0 aromatic heterocycles. The Morgan fingerprint density at radius 3 is 2.43 bits per heavy atom. The van der Waals surface area contributed by atoms with E-state index in [2.05, 4.69) is 0 Å². The Hall–Kier alpha value is -1.34. The van der Waals surface area contributed by atoms with Crippen LogP contribution in [0.1, 0.15) is 31.4 Å². The van der Waals surface area contributed by atoms with Crippen LogP contribution in [0.2, 0.25) is 0 Å².